The zero-order valence-corrected chi connectivity index (χ0v) is 15.8. The number of aryl methyl sites for hydroxylation is 1. The molecular formula is C21H23FN2O4. The Morgan fingerprint density at radius 3 is 2.54 bits per heavy atom. The number of β-amino-alcohol motifs (C(OH)–C–C–N with tert-alkyl or cyclic N) is 1. The second-order valence-electron chi connectivity index (χ2n) is 7.10. The third-order valence-electron chi connectivity index (χ3n) is 4.82. The number of carbonyl (C=O) groups excluding carboxylic acids is 2. The summed E-state index contributed by atoms with van der Waals surface area (Å²) in [5.41, 5.74) is 0.905. The predicted molar refractivity (Wildman–Crippen MR) is 101 cm³/mol. The summed E-state index contributed by atoms with van der Waals surface area (Å²) in [7, 11) is 0. The molecule has 2 N–H and O–H groups in total. The fourth-order valence-electron chi connectivity index (χ4n) is 3.13. The van der Waals surface area contributed by atoms with Gasteiger partial charge in [-0.3, -0.25) is 9.69 Å². The molecule has 2 atom stereocenters. The van der Waals surface area contributed by atoms with Crippen molar-refractivity contribution in [1.29, 1.82) is 0 Å². The SMILES string of the molecule is Cc1ccc(C2(C)NC(=O)N(CC(O)COCc3ccccc3F)C2=O)cc1. The number of halogens is 1. The number of rotatable bonds is 7. The van der Waals surface area contributed by atoms with Crippen LogP contribution in [0.2, 0.25) is 0 Å². The first-order valence-electron chi connectivity index (χ1n) is 9.01. The Labute approximate surface area is 162 Å². The molecule has 0 aromatic heterocycles. The predicted octanol–water partition coefficient (Wildman–Crippen LogP) is 2.48. The summed E-state index contributed by atoms with van der Waals surface area (Å²) in [4.78, 5) is 26.1. The average Bonchev–Trinajstić information content (AvgIpc) is 2.88. The van der Waals surface area contributed by atoms with Crippen LogP contribution in [0.15, 0.2) is 48.5 Å². The molecule has 0 spiro atoms. The van der Waals surface area contributed by atoms with Crippen LogP contribution in [-0.4, -0.2) is 41.2 Å². The summed E-state index contributed by atoms with van der Waals surface area (Å²) in [5.74, 6) is -0.825. The van der Waals surface area contributed by atoms with Crippen LogP contribution < -0.4 is 5.32 Å². The van der Waals surface area contributed by atoms with E-state index in [1.165, 1.54) is 6.07 Å². The molecule has 28 heavy (non-hydrogen) atoms. The van der Waals surface area contributed by atoms with Gasteiger partial charge >= 0.3 is 6.03 Å². The lowest BCUT2D eigenvalue weighted by Gasteiger charge is -2.23. The van der Waals surface area contributed by atoms with Gasteiger partial charge in [0.05, 0.1) is 25.9 Å². The van der Waals surface area contributed by atoms with Gasteiger partial charge in [-0.15, -0.1) is 0 Å². The second-order valence-corrected chi connectivity index (χ2v) is 7.10. The van der Waals surface area contributed by atoms with E-state index in [4.69, 9.17) is 4.74 Å². The number of imide groups is 1. The van der Waals surface area contributed by atoms with Crippen molar-refractivity contribution in [3.8, 4) is 0 Å². The molecule has 6 nitrogen and oxygen atoms in total. The Bertz CT molecular complexity index is 871. The third kappa shape index (κ3) is 4.05. The van der Waals surface area contributed by atoms with Crippen molar-refractivity contribution in [2.24, 2.45) is 0 Å². The van der Waals surface area contributed by atoms with Crippen molar-refractivity contribution in [1.82, 2.24) is 10.2 Å². The minimum absolute atomic E-state index is 0.00897. The molecule has 0 radical (unpaired) electrons. The molecule has 148 valence electrons. The van der Waals surface area contributed by atoms with E-state index in [-0.39, 0.29) is 25.6 Å². The maximum atomic E-state index is 13.6. The van der Waals surface area contributed by atoms with E-state index in [0.717, 1.165) is 10.5 Å². The molecule has 1 aliphatic heterocycles. The van der Waals surface area contributed by atoms with Crippen molar-refractivity contribution >= 4 is 11.9 Å². The molecule has 2 aromatic carbocycles. The number of urea groups is 1. The highest BCUT2D eigenvalue weighted by atomic mass is 19.1. The Hall–Kier alpha value is -2.77. The van der Waals surface area contributed by atoms with E-state index in [0.29, 0.717) is 11.1 Å². The van der Waals surface area contributed by atoms with Gasteiger partial charge in [0.25, 0.3) is 5.91 Å². The molecule has 7 heteroatoms. The first-order valence-corrected chi connectivity index (χ1v) is 9.01. The lowest BCUT2D eigenvalue weighted by Crippen LogP contribution is -2.42. The molecular weight excluding hydrogens is 363 g/mol. The number of benzene rings is 2. The van der Waals surface area contributed by atoms with E-state index in [9.17, 15) is 19.1 Å². The quantitative estimate of drug-likeness (QED) is 0.717. The highest BCUT2D eigenvalue weighted by molar-refractivity contribution is 6.07. The van der Waals surface area contributed by atoms with Crippen LogP contribution >= 0.6 is 0 Å². The monoisotopic (exact) mass is 386 g/mol. The van der Waals surface area contributed by atoms with Gasteiger partial charge in [0, 0.05) is 5.56 Å². The average molecular weight is 386 g/mol. The van der Waals surface area contributed by atoms with E-state index in [1.54, 1.807) is 37.3 Å². The molecule has 3 rings (SSSR count). The number of ether oxygens (including phenoxy) is 1. The van der Waals surface area contributed by atoms with E-state index < -0.39 is 23.6 Å². The molecule has 2 aromatic rings. The lowest BCUT2D eigenvalue weighted by molar-refractivity contribution is -0.132. The van der Waals surface area contributed by atoms with Crippen LogP contribution in [0.25, 0.3) is 0 Å². The van der Waals surface area contributed by atoms with Crippen LogP contribution in [0, 0.1) is 12.7 Å². The molecule has 1 aliphatic rings. The number of carbonyl (C=O) groups is 2. The lowest BCUT2D eigenvalue weighted by atomic mass is 9.91. The number of nitrogens with zero attached hydrogens (tertiary/aromatic N) is 1. The standard InChI is InChI=1S/C21H23FN2O4/c1-14-7-9-16(10-8-14)21(2)19(26)24(20(27)23-21)11-17(25)13-28-12-15-5-3-4-6-18(15)22/h3-10,17,25H,11-13H2,1-2H3,(H,23,27). The van der Waals surface area contributed by atoms with Gasteiger partial charge < -0.3 is 15.2 Å². The maximum absolute atomic E-state index is 13.6. The van der Waals surface area contributed by atoms with Gasteiger partial charge in [0.1, 0.15) is 11.4 Å². The van der Waals surface area contributed by atoms with Gasteiger partial charge in [-0.05, 0) is 25.5 Å². The number of hydrogen-bond acceptors (Lipinski definition) is 4. The minimum Gasteiger partial charge on any atom is -0.389 e. The fourth-order valence-corrected chi connectivity index (χ4v) is 3.13. The second kappa shape index (κ2) is 8.08. The summed E-state index contributed by atoms with van der Waals surface area (Å²) in [6.07, 6.45) is -1.08. The molecule has 1 fully saturated rings. The smallest absolute Gasteiger partial charge is 0.325 e. The van der Waals surface area contributed by atoms with Gasteiger partial charge in [-0.25, -0.2) is 9.18 Å². The van der Waals surface area contributed by atoms with Crippen LogP contribution in [0.5, 0.6) is 0 Å². The number of nitrogens with one attached hydrogen (secondary N) is 1. The fraction of sp³-hybridized carbons (Fsp3) is 0.333. The zero-order chi connectivity index (χ0) is 20.3. The molecule has 0 bridgehead atoms. The Balaban J connectivity index is 1.59. The highest BCUT2D eigenvalue weighted by Crippen LogP contribution is 2.29. The van der Waals surface area contributed by atoms with E-state index in [2.05, 4.69) is 5.32 Å². The van der Waals surface area contributed by atoms with E-state index in [1.807, 2.05) is 19.1 Å². The van der Waals surface area contributed by atoms with Crippen LogP contribution in [0.4, 0.5) is 9.18 Å². The summed E-state index contributed by atoms with van der Waals surface area (Å²) < 4.78 is 18.9. The largest absolute Gasteiger partial charge is 0.389 e. The van der Waals surface area contributed by atoms with Crippen molar-refractivity contribution < 1.29 is 23.8 Å². The zero-order valence-electron chi connectivity index (χ0n) is 15.8. The van der Waals surface area contributed by atoms with Crippen molar-refractivity contribution in [3.05, 3.63) is 71.0 Å². The summed E-state index contributed by atoms with van der Waals surface area (Å²) in [6.45, 7) is 3.23. The molecule has 3 amide bonds. The molecule has 0 aliphatic carbocycles. The van der Waals surface area contributed by atoms with E-state index >= 15 is 0 Å². The number of hydrogen-bond donors (Lipinski definition) is 2. The number of aliphatic hydroxyl groups is 1. The first kappa shape index (κ1) is 20.0. The first-order chi connectivity index (χ1) is 13.3. The Morgan fingerprint density at radius 1 is 1.18 bits per heavy atom. The molecule has 1 saturated heterocycles. The maximum Gasteiger partial charge on any atom is 0.325 e. The van der Waals surface area contributed by atoms with Crippen LogP contribution in [0.3, 0.4) is 0 Å². The van der Waals surface area contributed by atoms with Crippen LogP contribution in [-0.2, 0) is 21.7 Å². The summed E-state index contributed by atoms with van der Waals surface area (Å²) in [5, 5.41) is 12.9. The molecule has 1 heterocycles. The minimum atomic E-state index is -1.18. The topological polar surface area (TPSA) is 78.9 Å². The van der Waals surface area contributed by atoms with Gasteiger partial charge in [0.2, 0.25) is 0 Å². The number of aliphatic hydroxyl groups excluding tert-OH is 1. The van der Waals surface area contributed by atoms with Crippen molar-refractivity contribution in [3.63, 3.8) is 0 Å². The van der Waals surface area contributed by atoms with Crippen molar-refractivity contribution in [2.45, 2.75) is 32.1 Å². The Kier molecular flexibility index (Phi) is 5.76. The third-order valence-corrected chi connectivity index (χ3v) is 4.82. The summed E-state index contributed by atoms with van der Waals surface area (Å²) >= 11 is 0. The number of amides is 3. The Morgan fingerprint density at radius 2 is 1.86 bits per heavy atom. The van der Waals surface area contributed by atoms with Gasteiger partial charge in [-0.1, -0.05) is 48.0 Å². The highest BCUT2D eigenvalue weighted by Gasteiger charge is 2.49. The summed E-state index contributed by atoms with van der Waals surface area (Å²) in [6, 6.07) is 13.0. The van der Waals surface area contributed by atoms with Crippen molar-refractivity contribution in [2.75, 3.05) is 13.2 Å². The van der Waals surface area contributed by atoms with Crippen LogP contribution in [0.1, 0.15) is 23.6 Å². The molecule has 2 unspecified atom stereocenters. The molecule has 0 saturated carbocycles. The van der Waals surface area contributed by atoms with Gasteiger partial charge in [0.15, 0.2) is 0 Å². The van der Waals surface area contributed by atoms with Gasteiger partial charge in [-0.2, -0.15) is 0 Å². The normalized spacial score (nSPS) is 20.4.